The molecule has 3 aromatic rings. The van der Waals surface area contributed by atoms with Crippen molar-refractivity contribution in [3.05, 3.63) is 27.7 Å². The summed E-state index contributed by atoms with van der Waals surface area (Å²) in [6.45, 7) is 1.97. The first-order valence-corrected chi connectivity index (χ1v) is 6.32. The van der Waals surface area contributed by atoms with Gasteiger partial charge in [0.15, 0.2) is 0 Å². The van der Waals surface area contributed by atoms with Crippen molar-refractivity contribution in [1.29, 1.82) is 0 Å². The summed E-state index contributed by atoms with van der Waals surface area (Å²) in [4.78, 5) is 6.49. The molecule has 0 aliphatic carbocycles. The number of nitrogens with zero attached hydrogens (tertiary/aromatic N) is 3. The van der Waals surface area contributed by atoms with Crippen molar-refractivity contribution in [3.8, 4) is 10.6 Å². The minimum absolute atomic E-state index is 0.783. The van der Waals surface area contributed by atoms with E-state index in [2.05, 4.69) is 10.1 Å². The second-order valence-electron chi connectivity index (χ2n) is 3.08. The molecule has 15 heavy (non-hydrogen) atoms. The Morgan fingerprint density at radius 3 is 2.87 bits per heavy atom. The molecular formula is C9H6ClN3S2. The number of hydrogen-bond acceptors (Lipinski definition) is 4. The molecular weight excluding hydrogens is 250 g/mol. The maximum Gasteiger partial charge on any atom is 0.212 e. The van der Waals surface area contributed by atoms with Crippen molar-refractivity contribution in [3.63, 3.8) is 0 Å². The first kappa shape index (κ1) is 9.33. The molecule has 0 spiro atoms. The Bertz CT molecular complexity index is 591. The average Bonchev–Trinajstić information content (AvgIpc) is 2.78. The molecule has 6 heteroatoms. The highest BCUT2D eigenvalue weighted by atomic mass is 35.5. The van der Waals surface area contributed by atoms with Gasteiger partial charge in [0.25, 0.3) is 0 Å². The van der Waals surface area contributed by atoms with Gasteiger partial charge in [0, 0.05) is 0 Å². The van der Waals surface area contributed by atoms with Crippen molar-refractivity contribution in [2.45, 2.75) is 6.92 Å². The highest BCUT2D eigenvalue weighted by Gasteiger charge is 2.09. The molecule has 0 N–H and O–H groups in total. The third-order valence-corrected chi connectivity index (χ3v) is 4.06. The molecule has 0 unspecified atom stereocenters. The molecule has 3 rings (SSSR count). The third kappa shape index (κ3) is 1.56. The fourth-order valence-corrected chi connectivity index (χ4v) is 3.09. The topological polar surface area (TPSA) is 30.2 Å². The van der Waals surface area contributed by atoms with Crippen molar-refractivity contribution in [2.24, 2.45) is 0 Å². The van der Waals surface area contributed by atoms with Gasteiger partial charge >= 0.3 is 0 Å². The van der Waals surface area contributed by atoms with Gasteiger partial charge in [0.1, 0.15) is 10.7 Å². The van der Waals surface area contributed by atoms with E-state index in [-0.39, 0.29) is 0 Å². The number of halogens is 1. The van der Waals surface area contributed by atoms with Crippen LogP contribution in [0.5, 0.6) is 0 Å². The van der Waals surface area contributed by atoms with Gasteiger partial charge in [-0.05, 0) is 19.1 Å². The molecule has 76 valence electrons. The monoisotopic (exact) mass is 255 g/mol. The van der Waals surface area contributed by atoms with E-state index < -0.39 is 0 Å². The van der Waals surface area contributed by atoms with Gasteiger partial charge < -0.3 is 0 Å². The number of aryl methyl sites for hydroxylation is 1. The number of rotatable bonds is 1. The second kappa shape index (κ2) is 3.30. The van der Waals surface area contributed by atoms with Crippen molar-refractivity contribution < 1.29 is 0 Å². The number of hydrogen-bond donors (Lipinski definition) is 0. The number of thiophene rings is 1. The van der Waals surface area contributed by atoms with Crippen molar-refractivity contribution in [1.82, 2.24) is 14.6 Å². The highest BCUT2D eigenvalue weighted by molar-refractivity contribution is 7.19. The molecule has 0 saturated carbocycles. The van der Waals surface area contributed by atoms with E-state index in [4.69, 9.17) is 11.6 Å². The fourth-order valence-electron chi connectivity index (χ4n) is 1.37. The standard InChI is InChI=1S/C9H6ClN3S2/c1-5-12-13-4-6(11-9(13)14-5)7-2-3-8(10)15-7/h2-4H,1H3. The first-order valence-electron chi connectivity index (χ1n) is 4.31. The van der Waals surface area contributed by atoms with E-state index in [1.807, 2.05) is 29.8 Å². The zero-order valence-electron chi connectivity index (χ0n) is 7.77. The summed E-state index contributed by atoms with van der Waals surface area (Å²) in [6.07, 6.45) is 1.93. The molecule has 0 aliphatic heterocycles. The van der Waals surface area contributed by atoms with Crippen LogP contribution >= 0.6 is 34.3 Å². The molecule has 3 heterocycles. The lowest BCUT2D eigenvalue weighted by molar-refractivity contribution is 0.946. The van der Waals surface area contributed by atoms with Crippen LogP contribution in [0.4, 0.5) is 0 Å². The van der Waals surface area contributed by atoms with Crippen LogP contribution in [0.15, 0.2) is 18.3 Å². The van der Waals surface area contributed by atoms with Crippen molar-refractivity contribution in [2.75, 3.05) is 0 Å². The molecule has 0 atom stereocenters. The largest absolute Gasteiger partial charge is 0.217 e. The first-order chi connectivity index (χ1) is 7.22. The number of fused-ring (bicyclic) bond motifs is 1. The minimum atomic E-state index is 0.783. The van der Waals surface area contributed by atoms with Crippen LogP contribution in [0.2, 0.25) is 4.34 Å². The summed E-state index contributed by atoms with van der Waals surface area (Å²) in [5.74, 6) is 0. The van der Waals surface area contributed by atoms with Gasteiger partial charge in [0.05, 0.1) is 15.4 Å². The summed E-state index contributed by atoms with van der Waals surface area (Å²) in [6, 6.07) is 3.86. The van der Waals surface area contributed by atoms with Crippen LogP contribution in [-0.4, -0.2) is 14.6 Å². The molecule has 3 aromatic heterocycles. The quantitative estimate of drug-likeness (QED) is 0.666. The van der Waals surface area contributed by atoms with Crippen LogP contribution in [-0.2, 0) is 0 Å². The summed E-state index contributed by atoms with van der Waals surface area (Å²) < 4.78 is 2.59. The lowest BCUT2D eigenvalue weighted by atomic mass is 10.4. The van der Waals surface area contributed by atoms with E-state index in [1.54, 1.807) is 11.3 Å². The Morgan fingerprint density at radius 1 is 1.33 bits per heavy atom. The summed E-state index contributed by atoms with van der Waals surface area (Å²) in [7, 11) is 0. The summed E-state index contributed by atoms with van der Waals surface area (Å²) in [5.41, 5.74) is 0.936. The molecule has 0 fully saturated rings. The molecule has 0 saturated heterocycles. The third-order valence-electron chi connectivity index (χ3n) is 1.97. The van der Waals surface area contributed by atoms with Crippen LogP contribution in [0.3, 0.4) is 0 Å². The number of aromatic nitrogens is 3. The Balaban J connectivity index is 2.15. The predicted octanol–water partition coefficient (Wildman–Crippen LogP) is 3.48. The zero-order valence-corrected chi connectivity index (χ0v) is 10.2. The Labute approximate surface area is 99.0 Å². The van der Waals surface area contributed by atoms with Crippen LogP contribution < -0.4 is 0 Å². The van der Waals surface area contributed by atoms with Gasteiger partial charge in [-0.3, -0.25) is 0 Å². The molecule has 0 aliphatic rings. The molecule has 0 bridgehead atoms. The van der Waals surface area contributed by atoms with Gasteiger partial charge in [-0.25, -0.2) is 9.50 Å². The van der Waals surface area contributed by atoms with E-state index in [1.165, 1.54) is 11.3 Å². The maximum atomic E-state index is 5.88. The summed E-state index contributed by atoms with van der Waals surface area (Å²) in [5, 5.41) is 5.33. The van der Waals surface area contributed by atoms with E-state index >= 15 is 0 Å². The molecule has 3 nitrogen and oxygen atoms in total. The van der Waals surface area contributed by atoms with Gasteiger partial charge in [0.2, 0.25) is 4.96 Å². The lowest BCUT2D eigenvalue weighted by Gasteiger charge is -1.85. The van der Waals surface area contributed by atoms with Gasteiger partial charge in [-0.2, -0.15) is 5.10 Å². The summed E-state index contributed by atoms with van der Waals surface area (Å²) >= 11 is 9.00. The Kier molecular flexibility index (Phi) is 2.05. The van der Waals surface area contributed by atoms with Gasteiger partial charge in [-0.15, -0.1) is 11.3 Å². The van der Waals surface area contributed by atoms with Gasteiger partial charge in [-0.1, -0.05) is 22.9 Å². The Morgan fingerprint density at radius 2 is 2.20 bits per heavy atom. The SMILES string of the molecule is Cc1nn2cc(-c3ccc(Cl)s3)nc2s1. The van der Waals surface area contributed by atoms with Crippen molar-refractivity contribution >= 4 is 39.2 Å². The number of imidazole rings is 1. The second-order valence-corrected chi connectivity index (χ2v) is 5.95. The van der Waals surface area contributed by atoms with E-state index in [0.717, 1.165) is 24.9 Å². The van der Waals surface area contributed by atoms with Crippen LogP contribution in [0, 0.1) is 6.92 Å². The molecule has 0 radical (unpaired) electrons. The lowest BCUT2D eigenvalue weighted by Crippen LogP contribution is -1.79. The fraction of sp³-hybridized carbons (Fsp3) is 0.111. The normalized spacial score (nSPS) is 11.3. The molecule has 0 aromatic carbocycles. The minimum Gasteiger partial charge on any atom is -0.217 e. The van der Waals surface area contributed by atoms with E-state index in [0.29, 0.717) is 0 Å². The smallest absolute Gasteiger partial charge is 0.212 e. The molecule has 0 amide bonds. The average molecular weight is 256 g/mol. The zero-order chi connectivity index (χ0) is 10.4. The van der Waals surface area contributed by atoms with Crippen LogP contribution in [0.25, 0.3) is 15.5 Å². The predicted molar refractivity (Wildman–Crippen MR) is 63.9 cm³/mol. The Hall–Kier alpha value is -0.910. The highest BCUT2D eigenvalue weighted by Crippen LogP contribution is 2.31. The maximum absolute atomic E-state index is 5.88. The van der Waals surface area contributed by atoms with E-state index in [9.17, 15) is 0 Å². The van der Waals surface area contributed by atoms with Crippen LogP contribution in [0.1, 0.15) is 5.01 Å².